The Morgan fingerprint density at radius 2 is 1.80 bits per heavy atom. The molecule has 1 aliphatic heterocycles. The summed E-state index contributed by atoms with van der Waals surface area (Å²) in [4.78, 5) is 32.8. The monoisotopic (exact) mass is 480 g/mol. The Labute approximate surface area is 206 Å². The molecule has 8 heteroatoms. The Morgan fingerprint density at radius 1 is 1.03 bits per heavy atom. The summed E-state index contributed by atoms with van der Waals surface area (Å²) in [5.74, 6) is 1.55. The SMILES string of the molecule is O=C(CCC1CCCCC1)N[C@H]1C[C@H](C(=O)N2CCOCC2)C[C@H]1c1nc(-c2ccccc2)no1. The smallest absolute Gasteiger partial charge is 0.232 e. The molecule has 188 valence electrons. The fourth-order valence-electron chi connectivity index (χ4n) is 5.89. The molecule has 2 amide bonds. The van der Waals surface area contributed by atoms with Gasteiger partial charge < -0.3 is 19.5 Å². The molecule has 1 aromatic carbocycles. The van der Waals surface area contributed by atoms with E-state index in [1.54, 1.807) is 0 Å². The lowest BCUT2D eigenvalue weighted by molar-refractivity contribution is -0.139. The number of rotatable bonds is 7. The van der Waals surface area contributed by atoms with E-state index in [9.17, 15) is 9.59 Å². The molecule has 35 heavy (non-hydrogen) atoms. The highest BCUT2D eigenvalue weighted by Gasteiger charge is 2.43. The Kier molecular flexibility index (Phi) is 7.76. The number of morpholine rings is 1. The normalized spacial score (nSPS) is 25.5. The minimum atomic E-state index is -0.187. The first-order chi connectivity index (χ1) is 17.2. The first-order valence-electron chi connectivity index (χ1n) is 13.2. The van der Waals surface area contributed by atoms with Crippen molar-refractivity contribution in [1.29, 1.82) is 0 Å². The first-order valence-corrected chi connectivity index (χ1v) is 13.2. The van der Waals surface area contributed by atoms with E-state index in [4.69, 9.17) is 9.26 Å². The molecule has 1 saturated heterocycles. The van der Waals surface area contributed by atoms with Crippen LogP contribution in [0.5, 0.6) is 0 Å². The molecule has 0 radical (unpaired) electrons. The van der Waals surface area contributed by atoms with Gasteiger partial charge in [0, 0.05) is 37.0 Å². The Bertz CT molecular complexity index is 982. The van der Waals surface area contributed by atoms with Crippen LogP contribution in [-0.4, -0.2) is 59.2 Å². The third-order valence-electron chi connectivity index (χ3n) is 7.88. The predicted octanol–water partition coefficient (Wildman–Crippen LogP) is 3.93. The average molecular weight is 481 g/mol. The average Bonchev–Trinajstić information content (AvgIpc) is 3.56. The molecule has 2 aromatic rings. The van der Waals surface area contributed by atoms with Crippen molar-refractivity contribution < 1.29 is 18.8 Å². The summed E-state index contributed by atoms with van der Waals surface area (Å²) in [6.45, 7) is 2.40. The summed E-state index contributed by atoms with van der Waals surface area (Å²) in [5.41, 5.74) is 0.884. The van der Waals surface area contributed by atoms with E-state index in [-0.39, 0.29) is 29.7 Å². The molecule has 2 heterocycles. The number of carbonyl (C=O) groups is 2. The molecule has 5 rings (SSSR count). The Hall–Kier alpha value is -2.74. The van der Waals surface area contributed by atoms with Crippen molar-refractivity contribution in [3.8, 4) is 11.4 Å². The number of hydrogen-bond acceptors (Lipinski definition) is 6. The van der Waals surface area contributed by atoms with Crippen LogP contribution in [0.4, 0.5) is 0 Å². The Morgan fingerprint density at radius 3 is 2.57 bits per heavy atom. The molecule has 3 atom stereocenters. The minimum absolute atomic E-state index is 0.0628. The van der Waals surface area contributed by atoms with Gasteiger partial charge in [0.1, 0.15) is 0 Å². The lowest BCUT2D eigenvalue weighted by Crippen LogP contribution is -2.43. The van der Waals surface area contributed by atoms with E-state index in [1.807, 2.05) is 35.2 Å². The first kappa shape index (κ1) is 24.0. The number of benzene rings is 1. The summed E-state index contributed by atoms with van der Waals surface area (Å²) in [6.07, 6.45) is 9.03. The molecule has 8 nitrogen and oxygen atoms in total. The maximum atomic E-state index is 13.3. The fraction of sp³-hybridized carbons (Fsp3) is 0.630. The van der Waals surface area contributed by atoms with Crippen LogP contribution in [0.3, 0.4) is 0 Å². The van der Waals surface area contributed by atoms with Gasteiger partial charge >= 0.3 is 0 Å². The van der Waals surface area contributed by atoms with Gasteiger partial charge in [-0.1, -0.05) is 67.6 Å². The van der Waals surface area contributed by atoms with E-state index >= 15 is 0 Å². The second-order valence-corrected chi connectivity index (χ2v) is 10.3. The molecule has 0 unspecified atom stereocenters. The third-order valence-corrected chi connectivity index (χ3v) is 7.88. The molecule has 1 N–H and O–H groups in total. The number of carbonyl (C=O) groups excluding carboxylic acids is 2. The van der Waals surface area contributed by atoms with Crippen LogP contribution < -0.4 is 5.32 Å². The Balaban J connectivity index is 1.28. The van der Waals surface area contributed by atoms with Crippen LogP contribution in [0, 0.1) is 11.8 Å². The van der Waals surface area contributed by atoms with Crippen molar-refractivity contribution in [3.05, 3.63) is 36.2 Å². The van der Waals surface area contributed by atoms with Gasteiger partial charge in [-0.25, -0.2) is 0 Å². The molecular weight excluding hydrogens is 444 g/mol. The van der Waals surface area contributed by atoms with E-state index in [0.29, 0.717) is 63.2 Å². The van der Waals surface area contributed by atoms with Gasteiger partial charge in [0.15, 0.2) is 0 Å². The van der Waals surface area contributed by atoms with Gasteiger partial charge in [-0.2, -0.15) is 4.98 Å². The zero-order chi connectivity index (χ0) is 24.0. The molecule has 1 aromatic heterocycles. The summed E-state index contributed by atoms with van der Waals surface area (Å²) < 4.78 is 11.1. The van der Waals surface area contributed by atoms with Crippen molar-refractivity contribution in [2.75, 3.05) is 26.3 Å². The lowest BCUT2D eigenvalue weighted by atomic mass is 9.86. The maximum absolute atomic E-state index is 13.3. The van der Waals surface area contributed by atoms with Crippen LogP contribution >= 0.6 is 0 Å². The topological polar surface area (TPSA) is 97.6 Å². The van der Waals surface area contributed by atoms with Crippen LogP contribution in [0.2, 0.25) is 0 Å². The summed E-state index contributed by atoms with van der Waals surface area (Å²) in [7, 11) is 0. The van der Waals surface area contributed by atoms with Crippen molar-refractivity contribution in [2.45, 2.75) is 69.7 Å². The summed E-state index contributed by atoms with van der Waals surface area (Å²) in [6, 6.07) is 9.52. The number of nitrogens with one attached hydrogen (secondary N) is 1. The third kappa shape index (κ3) is 5.92. The van der Waals surface area contributed by atoms with Gasteiger partial charge in [0.2, 0.25) is 23.5 Å². The van der Waals surface area contributed by atoms with Crippen molar-refractivity contribution in [2.24, 2.45) is 11.8 Å². The number of ether oxygens (including phenoxy) is 1. The molecule has 2 saturated carbocycles. The number of hydrogen-bond donors (Lipinski definition) is 1. The van der Waals surface area contributed by atoms with E-state index in [0.717, 1.165) is 12.0 Å². The highest BCUT2D eigenvalue weighted by Crippen LogP contribution is 2.40. The van der Waals surface area contributed by atoms with E-state index in [1.165, 1.54) is 32.1 Å². The summed E-state index contributed by atoms with van der Waals surface area (Å²) in [5, 5.41) is 7.43. The zero-order valence-electron chi connectivity index (χ0n) is 20.4. The van der Waals surface area contributed by atoms with Crippen LogP contribution in [-0.2, 0) is 14.3 Å². The second-order valence-electron chi connectivity index (χ2n) is 10.3. The summed E-state index contributed by atoms with van der Waals surface area (Å²) >= 11 is 0. The van der Waals surface area contributed by atoms with E-state index in [2.05, 4.69) is 15.5 Å². The van der Waals surface area contributed by atoms with Crippen molar-refractivity contribution >= 4 is 11.8 Å². The maximum Gasteiger partial charge on any atom is 0.232 e. The van der Waals surface area contributed by atoms with E-state index < -0.39 is 0 Å². The van der Waals surface area contributed by atoms with Gasteiger partial charge in [-0.15, -0.1) is 0 Å². The molecule has 3 fully saturated rings. The zero-order valence-corrected chi connectivity index (χ0v) is 20.4. The molecule has 0 bridgehead atoms. The molecule has 0 spiro atoms. The van der Waals surface area contributed by atoms with Gasteiger partial charge in [0.05, 0.1) is 19.1 Å². The quantitative estimate of drug-likeness (QED) is 0.645. The standard InChI is InChI=1S/C27H36N4O4/c32-24(12-11-19-7-3-1-4-8-19)28-23-18-21(27(33)31-13-15-34-16-14-31)17-22(23)26-29-25(30-35-26)20-9-5-2-6-10-20/h2,5-6,9-10,19,21-23H,1,3-4,7-8,11-18H2,(H,28,32)/t21-,22-,23+/m1/s1. The van der Waals surface area contributed by atoms with Crippen LogP contribution in [0.25, 0.3) is 11.4 Å². The highest BCUT2D eigenvalue weighted by molar-refractivity contribution is 5.80. The second kappa shape index (κ2) is 11.3. The number of amides is 2. The molecule has 2 aliphatic carbocycles. The van der Waals surface area contributed by atoms with Crippen LogP contribution in [0.1, 0.15) is 69.6 Å². The van der Waals surface area contributed by atoms with Gasteiger partial charge in [0.25, 0.3) is 0 Å². The largest absolute Gasteiger partial charge is 0.378 e. The van der Waals surface area contributed by atoms with Crippen molar-refractivity contribution in [1.82, 2.24) is 20.4 Å². The van der Waals surface area contributed by atoms with Crippen molar-refractivity contribution in [3.63, 3.8) is 0 Å². The predicted molar refractivity (Wildman–Crippen MR) is 130 cm³/mol. The minimum Gasteiger partial charge on any atom is -0.378 e. The van der Waals surface area contributed by atoms with Gasteiger partial charge in [-0.3, -0.25) is 9.59 Å². The van der Waals surface area contributed by atoms with Crippen LogP contribution in [0.15, 0.2) is 34.9 Å². The number of aromatic nitrogens is 2. The molecule has 3 aliphatic rings. The lowest BCUT2D eigenvalue weighted by Gasteiger charge is -2.29. The fourth-order valence-corrected chi connectivity index (χ4v) is 5.89. The number of nitrogens with zero attached hydrogens (tertiary/aromatic N) is 3. The van der Waals surface area contributed by atoms with Gasteiger partial charge in [-0.05, 0) is 25.2 Å². The molecular formula is C27H36N4O4. The highest BCUT2D eigenvalue weighted by atomic mass is 16.5.